The molecule has 0 saturated carbocycles. The Hall–Kier alpha value is -1.51. The molecule has 0 aliphatic carbocycles. The molecule has 2 aliphatic rings. The maximum absolute atomic E-state index is 12.5. The Labute approximate surface area is 152 Å². The summed E-state index contributed by atoms with van der Waals surface area (Å²) in [7, 11) is -3.51. The number of carbonyl (C=O) groups is 1. The molecule has 7 nitrogen and oxygen atoms in total. The molecule has 0 radical (unpaired) electrons. The van der Waals surface area contributed by atoms with Gasteiger partial charge in [-0.1, -0.05) is 11.6 Å². The second-order valence-electron chi connectivity index (χ2n) is 6.22. The monoisotopic (exact) mass is 388 g/mol. The van der Waals surface area contributed by atoms with Gasteiger partial charge in [0.25, 0.3) is 5.91 Å². The van der Waals surface area contributed by atoms with E-state index < -0.39 is 16.1 Å². The Morgan fingerprint density at radius 2 is 2.20 bits per heavy atom. The van der Waals surface area contributed by atoms with E-state index in [1.54, 1.807) is 12.1 Å². The van der Waals surface area contributed by atoms with E-state index in [0.717, 1.165) is 25.7 Å². The largest absolute Gasteiger partial charge is 0.478 e. The summed E-state index contributed by atoms with van der Waals surface area (Å²) in [6.07, 6.45) is 2.56. The Morgan fingerprint density at radius 3 is 2.88 bits per heavy atom. The summed E-state index contributed by atoms with van der Waals surface area (Å²) in [6, 6.07) is 4.72. The van der Waals surface area contributed by atoms with E-state index in [4.69, 9.17) is 21.1 Å². The molecule has 2 aliphatic heterocycles. The Kier molecular flexibility index (Phi) is 5.41. The van der Waals surface area contributed by atoms with E-state index in [-0.39, 0.29) is 25.0 Å². The van der Waals surface area contributed by atoms with E-state index in [2.05, 4.69) is 5.32 Å². The third-order valence-electron chi connectivity index (χ3n) is 4.27. The number of halogens is 1. The molecule has 138 valence electrons. The van der Waals surface area contributed by atoms with Gasteiger partial charge in [-0.3, -0.25) is 9.10 Å². The number of carbonyl (C=O) groups excluding carboxylic acids is 1. The van der Waals surface area contributed by atoms with Crippen molar-refractivity contribution in [3.8, 4) is 5.75 Å². The highest BCUT2D eigenvalue weighted by molar-refractivity contribution is 7.92. The standard InChI is InChI=1S/C16H21ClN2O5S/c1-25(21,22)19-7-6-15(16(20)18-10-12-3-2-8-23-12)24-14-5-4-11(17)9-13(14)19/h4-5,9,12,15H,2-3,6-8,10H2,1H3,(H,18,20)/t12-,15-/m1/s1. The highest BCUT2D eigenvalue weighted by Gasteiger charge is 2.31. The molecule has 1 aromatic rings. The molecule has 1 saturated heterocycles. The van der Waals surface area contributed by atoms with Crippen molar-refractivity contribution in [3.05, 3.63) is 23.2 Å². The van der Waals surface area contributed by atoms with Crippen LogP contribution in [0, 0.1) is 0 Å². The van der Waals surface area contributed by atoms with Crippen LogP contribution in [0.1, 0.15) is 19.3 Å². The Bertz CT molecular complexity index is 749. The SMILES string of the molecule is CS(=O)(=O)N1CC[C@H](C(=O)NC[C@H]2CCCO2)Oc2ccc(Cl)cc21. The van der Waals surface area contributed by atoms with Gasteiger partial charge in [0.05, 0.1) is 18.0 Å². The number of anilines is 1. The van der Waals surface area contributed by atoms with Crippen molar-refractivity contribution in [2.75, 3.05) is 30.3 Å². The molecule has 0 aromatic heterocycles. The number of hydrogen-bond acceptors (Lipinski definition) is 5. The fourth-order valence-electron chi connectivity index (χ4n) is 3.01. The van der Waals surface area contributed by atoms with Gasteiger partial charge in [0.2, 0.25) is 10.0 Å². The molecule has 0 bridgehead atoms. The molecule has 1 aromatic carbocycles. The van der Waals surface area contributed by atoms with Crippen molar-refractivity contribution in [2.45, 2.75) is 31.5 Å². The summed E-state index contributed by atoms with van der Waals surface area (Å²) >= 11 is 6.00. The van der Waals surface area contributed by atoms with Crippen LogP contribution < -0.4 is 14.4 Å². The van der Waals surface area contributed by atoms with Gasteiger partial charge >= 0.3 is 0 Å². The molecule has 2 heterocycles. The number of amides is 1. The van der Waals surface area contributed by atoms with E-state index in [0.29, 0.717) is 23.0 Å². The van der Waals surface area contributed by atoms with E-state index >= 15 is 0 Å². The van der Waals surface area contributed by atoms with Crippen molar-refractivity contribution in [1.82, 2.24) is 5.32 Å². The van der Waals surface area contributed by atoms with Gasteiger partial charge in [-0.15, -0.1) is 0 Å². The van der Waals surface area contributed by atoms with Crippen LogP contribution in [0.15, 0.2) is 18.2 Å². The van der Waals surface area contributed by atoms with Crippen LogP contribution in [0.5, 0.6) is 5.75 Å². The summed E-state index contributed by atoms with van der Waals surface area (Å²) in [4.78, 5) is 12.5. The lowest BCUT2D eigenvalue weighted by Crippen LogP contribution is -2.42. The highest BCUT2D eigenvalue weighted by atomic mass is 35.5. The van der Waals surface area contributed by atoms with Crippen LogP contribution in [-0.2, 0) is 19.6 Å². The van der Waals surface area contributed by atoms with Crippen molar-refractivity contribution >= 4 is 33.2 Å². The topological polar surface area (TPSA) is 84.9 Å². The molecular formula is C16H21ClN2O5S. The molecule has 1 fully saturated rings. The quantitative estimate of drug-likeness (QED) is 0.845. The molecule has 1 amide bonds. The third-order valence-corrected chi connectivity index (χ3v) is 5.69. The lowest BCUT2D eigenvalue weighted by Gasteiger charge is -2.21. The van der Waals surface area contributed by atoms with E-state index in [1.807, 2.05) is 0 Å². The molecular weight excluding hydrogens is 368 g/mol. The predicted molar refractivity (Wildman–Crippen MR) is 94.7 cm³/mol. The first-order valence-electron chi connectivity index (χ1n) is 8.18. The van der Waals surface area contributed by atoms with Crippen LogP contribution in [0.2, 0.25) is 5.02 Å². The summed E-state index contributed by atoms with van der Waals surface area (Å²) in [5.41, 5.74) is 0.351. The van der Waals surface area contributed by atoms with Crippen LogP contribution in [0.25, 0.3) is 0 Å². The molecule has 2 atom stereocenters. The fourth-order valence-corrected chi connectivity index (χ4v) is 4.12. The van der Waals surface area contributed by atoms with Crippen LogP contribution in [-0.4, -0.2) is 52.5 Å². The van der Waals surface area contributed by atoms with Gasteiger partial charge in [-0.05, 0) is 31.0 Å². The first-order valence-corrected chi connectivity index (χ1v) is 10.4. The molecule has 0 spiro atoms. The van der Waals surface area contributed by atoms with Crippen molar-refractivity contribution in [1.29, 1.82) is 0 Å². The van der Waals surface area contributed by atoms with Gasteiger partial charge in [0.15, 0.2) is 6.10 Å². The van der Waals surface area contributed by atoms with Gasteiger partial charge in [-0.2, -0.15) is 0 Å². The molecule has 25 heavy (non-hydrogen) atoms. The average Bonchev–Trinajstić information content (AvgIpc) is 2.98. The number of fused-ring (bicyclic) bond motifs is 1. The predicted octanol–water partition coefficient (Wildman–Crippen LogP) is 1.55. The van der Waals surface area contributed by atoms with Crippen molar-refractivity contribution < 1.29 is 22.7 Å². The number of benzene rings is 1. The second-order valence-corrected chi connectivity index (χ2v) is 8.57. The maximum atomic E-state index is 12.5. The normalized spacial score (nSPS) is 23.5. The third kappa shape index (κ3) is 4.37. The zero-order valence-corrected chi connectivity index (χ0v) is 15.5. The fraction of sp³-hybridized carbons (Fsp3) is 0.562. The maximum Gasteiger partial charge on any atom is 0.261 e. The lowest BCUT2D eigenvalue weighted by atomic mass is 10.2. The minimum absolute atomic E-state index is 0.0355. The van der Waals surface area contributed by atoms with Crippen LogP contribution >= 0.6 is 11.6 Å². The molecule has 0 unspecified atom stereocenters. The van der Waals surface area contributed by atoms with Crippen molar-refractivity contribution in [2.24, 2.45) is 0 Å². The molecule has 9 heteroatoms. The molecule has 3 rings (SSSR count). The second kappa shape index (κ2) is 7.39. The summed E-state index contributed by atoms with van der Waals surface area (Å²) in [5.74, 6) is 0.0522. The first-order chi connectivity index (χ1) is 11.8. The van der Waals surface area contributed by atoms with Crippen LogP contribution in [0.4, 0.5) is 5.69 Å². The van der Waals surface area contributed by atoms with Gasteiger partial charge in [-0.25, -0.2) is 8.42 Å². The zero-order chi connectivity index (χ0) is 18.0. The van der Waals surface area contributed by atoms with Crippen LogP contribution in [0.3, 0.4) is 0 Å². The summed E-state index contributed by atoms with van der Waals surface area (Å²) in [5, 5.41) is 3.24. The average molecular weight is 389 g/mol. The number of nitrogens with zero attached hydrogens (tertiary/aromatic N) is 1. The van der Waals surface area contributed by atoms with E-state index in [9.17, 15) is 13.2 Å². The Balaban J connectivity index is 1.76. The number of sulfonamides is 1. The Morgan fingerprint density at radius 1 is 1.40 bits per heavy atom. The number of hydrogen-bond donors (Lipinski definition) is 1. The molecule has 1 N–H and O–H groups in total. The van der Waals surface area contributed by atoms with Gasteiger partial charge in [0, 0.05) is 31.1 Å². The van der Waals surface area contributed by atoms with Crippen molar-refractivity contribution in [3.63, 3.8) is 0 Å². The first kappa shape index (κ1) is 18.3. The smallest absolute Gasteiger partial charge is 0.261 e. The summed E-state index contributed by atoms with van der Waals surface area (Å²) in [6.45, 7) is 1.30. The summed E-state index contributed by atoms with van der Waals surface area (Å²) < 4.78 is 36.7. The van der Waals surface area contributed by atoms with Gasteiger partial charge in [0.1, 0.15) is 5.75 Å². The number of ether oxygens (including phenoxy) is 2. The minimum Gasteiger partial charge on any atom is -0.478 e. The lowest BCUT2D eigenvalue weighted by molar-refractivity contribution is -0.128. The highest BCUT2D eigenvalue weighted by Crippen LogP contribution is 2.36. The zero-order valence-electron chi connectivity index (χ0n) is 13.9. The van der Waals surface area contributed by atoms with E-state index in [1.165, 1.54) is 10.4 Å². The number of nitrogens with one attached hydrogen (secondary N) is 1. The van der Waals surface area contributed by atoms with Gasteiger partial charge < -0.3 is 14.8 Å². The minimum atomic E-state index is -3.51. The number of rotatable bonds is 4.